The molecule has 0 saturated carbocycles. The van der Waals surface area contributed by atoms with Gasteiger partial charge in [-0.3, -0.25) is 5.10 Å². The Morgan fingerprint density at radius 1 is 1.06 bits per heavy atom. The minimum absolute atomic E-state index is 0.260. The molecule has 0 aliphatic rings. The van der Waals surface area contributed by atoms with Crippen LogP contribution in [0.4, 0.5) is 4.39 Å². The second-order valence-corrected chi connectivity index (χ2v) is 8.98. The number of rotatable bonds is 6. The van der Waals surface area contributed by atoms with Gasteiger partial charge in [0, 0.05) is 29.2 Å². The molecule has 0 bridgehead atoms. The number of nitrogens with zero attached hydrogens (tertiary/aromatic N) is 3. The smallest absolute Gasteiger partial charge is 0.135 e. The van der Waals surface area contributed by atoms with Gasteiger partial charge in [-0.05, 0) is 68.5 Å². The van der Waals surface area contributed by atoms with E-state index in [1.807, 2.05) is 56.6 Å². The fraction of sp³-hybridized carbons (Fsp3) is 0.143. The lowest BCUT2D eigenvalue weighted by Crippen LogP contribution is -2.13. The third kappa shape index (κ3) is 4.46. The second kappa shape index (κ2) is 9.19. The van der Waals surface area contributed by atoms with Crippen LogP contribution in [0, 0.1) is 5.82 Å². The number of H-pyrrole nitrogens is 2. The van der Waals surface area contributed by atoms with Crippen LogP contribution in [0.25, 0.3) is 50.0 Å². The van der Waals surface area contributed by atoms with Crippen LogP contribution in [0.1, 0.15) is 12.6 Å². The second-order valence-electron chi connectivity index (χ2n) is 8.98. The highest BCUT2D eigenvalue weighted by Gasteiger charge is 2.16. The van der Waals surface area contributed by atoms with Crippen LogP contribution in [0.2, 0.25) is 0 Å². The first-order chi connectivity index (χ1) is 16.9. The zero-order chi connectivity index (χ0) is 24.5. The molecule has 7 heteroatoms. The summed E-state index contributed by atoms with van der Waals surface area (Å²) in [5.74, 6) is -0.260. The van der Waals surface area contributed by atoms with E-state index in [1.54, 1.807) is 18.3 Å². The number of aromatic nitrogens is 4. The molecule has 0 atom stereocenters. The van der Waals surface area contributed by atoms with Crippen molar-refractivity contribution in [3.63, 3.8) is 0 Å². The predicted octanol–water partition coefficient (Wildman–Crippen LogP) is 5.72. The van der Waals surface area contributed by atoms with Gasteiger partial charge in [-0.25, -0.2) is 9.37 Å². The molecule has 6 nitrogen and oxygen atoms in total. The van der Waals surface area contributed by atoms with Gasteiger partial charge in [-0.15, -0.1) is 0 Å². The monoisotopic (exact) mass is 466 g/mol. The van der Waals surface area contributed by atoms with E-state index >= 15 is 0 Å². The van der Waals surface area contributed by atoms with E-state index in [0.717, 1.165) is 56.6 Å². The summed E-state index contributed by atoms with van der Waals surface area (Å²) in [7, 11) is 4.07. The molecule has 5 rings (SSSR count). The molecule has 0 aliphatic carbocycles. The number of benzene rings is 2. The molecule has 0 unspecified atom stereocenters. The van der Waals surface area contributed by atoms with Gasteiger partial charge in [0.15, 0.2) is 0 Å². The van der Waals surface area contributed by atoms with Gasteiger partial charge in [0.25, 0.3) is 0 Å². The van der Waals surface area contributed by atoms with Crippen molar-refractivity contribution in [1.29, 1.82) is 0 Å². The third-order valence-corrected chi connectivity index (χ3v) is 5.91. The standard InChI is InChI=1S/C28H27FN6/c1-17(16-35(2)3)12-19(15-30)23-10-11-25-27(32-23)28(34-33-25)26-14-22-21(8-5-9-24(22)31-26)18-6-4-7-20(29)13-18/h4-15,31H,16,30H2,1-3H3,(H,33,34)/b17-12+,19-15+. The van der Waals surface area contributed by atoms with Crippen LogP contribution in [0.3, 0.4) is 0 Å². The summed E-state index contributed by atoms with van der Waals surface area (Å²) in [6, 6.07) is 18.5. The highest BCUT2D eigenvalue weighted by Crippen LogP contribution is 2.34. The lowest BCUT2D eigenvalue weighted by molar-refractivity contribution is 0.445. The van der Waals surface area contributed by atoms with Crippen molar-refractivity contribution in [2.24, 2.45) is 5.73 Å². The summed E-state index contributed by atoms with van der Waals surface area (Å²) in [5, 5.41) is 8.62. The van der Waals surface area contributed by atoms with Crippen molar-refractivity contribution in [3.05, 3.63) is 90.0 Å². The minimum Gasteiger partial charge on any atom is -0.404 e. The largest absolute Gasteiger partial charge is 0.404 e. The Labute approximate surface area is 203 Å². The zero-order valence-corrected chi connectivity index (χ0v) is 19.9. The first kappa shape index (κ1) is 22.6. The first-order valence-electron chi connectivity index (χ1n) is 11.4. The van der Waals surface area contributed by atoms with E-state index in [-0.39, 0.29) is 5.82 Å². The maximum atomic E-state index is 13.9. The Kier molecular flexibility index (Phi) is 5.93. The van der Waals surface area contributed by atoms with E-state index in [9.17, 15) is 4.39 Å². The lowest BCUT2D eigenvalue weighted by atomic mass is 10.0. The van der Waals surface area contributed by atoms with E-state index in [4.69, 9.17) is 10.7 Å². The van der Waals surface area contributed by atoms with Crippen LogP contribution in [0.5, 0.6) is 0 Å². The molecule has 0 aliphatic heterocycles. The Hall–Kier alpha value is -4.23. The maximum absolute atomic E-state index is 13.9. The number of halogens is 1. The number of fused-ring (bicyclic) bond motifs is 2. The molecule has 5 aromatic rings. The number of likely N-dealkylation sites (N-methyl/N-ethyl adjacent to an activating group) is 1. The lowest BCUT2D eigenvalue weighted by Gasteiger charge is -2.10. The van der Waals surface area contributed by atoms with E-state index in [0.29, 0.717) is 5.69 Å². The molecule has 0 fully saturated rings. The van der Waals surface area contributed by atoms with Crippen molar-refractivity contribution in [2.75, 3.05) is 20.6 Å². The molecule has 0 radical (unpaired) electrons. The van der Waals surface area contributed by atoms with Gasteiger partial charge in [-0.1, -0.05) is 35.9 Å². The molecular weight excluding hydrogens is 439 g/mol. The Balaban J connectivity index is 1.59. The normalized spacial score (nSPS) is 12.8. The van der Waals surface area contributed by atoms with Gasteiger partial charge in [0.2, 0.25) is 0 Å². The molecule has 3 aromatic heterocycles. The fourth-order valence-corrected chi connectivity index (χ4v) is 4.46. The van der Waals surface area contributed by atoms with Crippen molar-refractivity contribution in [3.8, 4) is 22.5 Å². The summed E-state index contributed by atoms with van der Waals surface area (Å²) in [5.41, 5.74) is 14.6. The van der Waals surface area contributed by atoms with Gasteiger partial charge in [-0.2, -0.15) is 5.10 Å². The average molecular weight is 467 g/mol. The maximum Gasteiger partial charge on any atom is 0.135 e. The molecular formula is C28H27FN6. The SMILES string of the molecule is C/C(=C\C(=C/N)c1ccc2[nH]nc(-c3cc4c(-c5cccc(F)c5)cccc4[nH]3)c2n1)CN(C)C. The van der Waals surface area contributed by atoms with E-state index in [2.05, 4.69) is 33.1 Å². The van der Waals surface area contributed by atoms with Crippen LogP contribution in [-0.2, 0) is 0 Å². The van der Waals surface area contributed by atoms with Crippen LogP contribution in [-0.4, -0.2) is 45.7 Å². The number of hydrogen-bond acceptors (Lipinski definition) is 4. The molecule has 2 aromatic carbocycles. The molecule has 0 spiro atoms. The van der Waals surface area contributed by atoms with Gasteiger partial charge in [0.05, 0.1) is 16.9 Å². The Bertz CT molecular complexity index is 1590. The molecule has 35 heavy (non-hydrogen) atoms. The van der Waals surface area contributed by atoms with Gasteiger partial charge < -0.3 is 15.6 Å². The fourth-order valence-electron chi connectivity index (χ4n) is 4.46. The summed E-state index contributed by atoms with van der Waals surface area (Å²) >= 11 is 0. The number of nitrogens with two attached hydrogens (primary N) is 1. The Morgan fingerprint density at radius 2 is 1.89 bits per heavy atom. The van der Waals surface area contributed by atoms with Gasteiger partial charge in [0.1, 0.15) is 17.0 Å². The minimum atomic E-state index is -0.260. The predicted molar refractivity (Wildman–Crippen MR) is 141 cm³/mol. The first-order valence-corrected chi connectivity index (χ1v) is 11.4. The topological polar surface area (TPSA) is 86.6 Å². The van der Waals surface area contributed by atoms with Crippen LogP contribution in [0.15, 0.2) is 78.5 Å². The highest BCUT2D eigenvalue weighted by atomic mass is 19.1. The van der Waals surface area contributed by atoms with Crippen LogP contribution >= 0.6 is 0 Å². The number of hydrogen-bond donors (Lipinski definition) is 3. The van der Waals surface area contributed by atoms with E-state index < -0.39 is 0 Å². The quantitative estimate of drug-likeness (QED) is 0.279. The summed E-state index contributed by atoms with van der Waals surface area (Å²) in [4.78, 5) is 10.5. The number of pyridine rings is 1. The number of allylic oxidation sites excluding steroid dienone is 2. The average Bonchev–Trinajstić information content (AvgIpc) is 3.45. The van der Waals surface area contributed by atoms with Crippen molar-refractivity contribution >= 4 is 27.5 Å². The van der Waals surface area contributed by atoms with Crippen LogP contribution < -0.4 is 5.73 Å². The summed E-state index contributed by atoms with van der Waals surface area (Å²) < 4.78 is 13.9. The zero-order valence-electron chi connectivity index (χ0n) is 19.9. The van der Waals surface area contributed by atoms with Gasteiger partial charge >= 0.3 is 0 Å². The molecule has 4 N–H and O–H groups in total. The summed E-state index contributed by atoms with van der Waals surface area (Å²) in [6.45, 7) is 2.91. The highest BCUT2D eigenvalue weighted by molar-refractivity contribution is 6.00. The molecule has 176 valence electrons. The van der Waals surface area contributed by atoms with Crippen molar-refractivity contribution < 1.29 is 4.39 Å². The molecule has 0 saturated heterocycles. The Morgan fingerprint density at radius 3 is 2.66 bits per heavy atom. The molecule has 0 amide bonds. The van der Waals surface area contributed by atoms with Crippen molar-refractivity contribution in [2.45, 2.75) is 6.92 Å². The number of aromatic amines is 2. The van der Waals surface area contributed by atoms with E-state index in [1.165, 1.54) is 11.6 Å². The molecule has 3 heterocycles. The van der Waals surface area contributed by atoms with Crippen molar-refractivity contribution in [1.82, 2.24) is 25.1 Å². The summed E-state index contributed by atoms with van der Waals surface area (Å²) in [6.07, 6.45) is 3.64. The third-order valence-electron chi connectivity index (χ3n) is 5.91. The number of nitrogens with one attached hydrogen (secondary N) is 2.